The maximum Gasteiger partial charge on any atom is 0.425 e. The fourth-order valence-electron chi connectivity index (χ4n) is 7.12. The molecule has 0 amide bonds. The number of hydrogen-bond acceptors (Lipinski definition) is 23. The topological polar surface area (TPSA) is 384 Å². The molecule has 8 aromatic carbocycles. The average molecular weight is 1140 g/mol. The van der Waals surface area contributed by atoms with Crippen LogP contribution >= 0.6 is 0 Å². The number of hydrogen-bond donors (Lipinski definition) is 4. The van der Waals surface area contributed by atoms with Gasteiger partial charge in [-0.2, -0.15) is 57.7 Å². The van der Waals surface area contributed by atoms with Crippen LogP contribution in [0.4, 0.5) is 56.9 Å². The van der Waals surface area contributed by atoms with Gasteiger partial charge in [0.15, 0.2) is 17.2 Å². The van der Waals surface area contributed by atoms with Gasteiger partial charge in [0.2, 0.25) is 0 Å². The lowest BCUT2D eigenvalue weighted by molar-refractivity contribution is 0.373. The summed E-state index contributed by atoms with van der Waals surface area (Å²) in [5, 5.41) is 65.5. The highest BCUT2D eigenvalue weighted by Gasteiger charge is 2.21. The number of azo groups is 5. The molecule has 0 radical (unpaired) electrons. The van der Waals surface area contributed by atoms with E-state index in [-0.39, 0.29) is 39.4 Å². The van der Waals surface area contributed by atoms with Crippen molar-refractivity contribution in [2.45, 2.75) is 37.5 Å². The lowest BCUT2D eigenvalue weighted by atomic mass is 10.1. The molecule has 0 saturated heterocycles. The molecule has 0 saturated carbocycles. The Morgan fingerprint density at radius 2 is 0.808 bits per heavy atom. The van der Waals surface area contributed by atoms with Gasteiger partial charge in [0.05, 0.1) is 52.6 Å². The largest absolute Gasteiger partial charge is 0.505 e. The summed E-state index contributed by atoms with van der Waals surface area (Å²) in [6, 6.07) is 33.4. The van der Waals surface area contributed by atoms with Gasteiger partial charge < -0.3 is 14.9 Å². The van der Waals surface area contributed by atoms with Crippen LogP contribution in [0.3, 0.4) is 0 Å². The first-order valence-electron chi connectivity index (χ1n) is 21.9. The quantitative estimate of drug-likeness (QED) is 0.0615. The van der Waals surface area contributed by atoms with Crippen molar-refractivity contribution >= 4 is 120 Å². The Balaban J connectivity index is 0.00000115. The Labute approximate surface area is 446 Å². The van der Waals surface area contributed by atoms with Crippen molar-refractivity contribution in [3.8, 4) is 17.2 Å². The molecule has 0 fully saturated rings. The Hall–Kier alpha value is -9.26. The Kier molecular flexibility index (Phi) is 18.6. The molecule has 29 heteroatoms. The van der Waals surface area contributed by atoms with Gasteiger partial charge in [0, 0.05) is 16.8 Å². The minimum Gasteiger partial charge on any atom is -0.505 e. The van der Waals surface area contributed by atoms with E-state index < -0.39 is 51.2 Å². The van der Waals surface area contributed by atoms with Crippen molar-refractivity contribution in [3.05, 3.63) is 150 Å². The molecule has 0 aliphatic heterocycles. The van der Waals surface area contributed by atoms with Crippen LogP contribution in [0.2, 0.25) is 0 Å². The van der Waals surface area contributed by atoms with Crippen LogP contribution in [0.25, 0.3) is 21.5 Å². The highest BCUT2D eigenvalue weighted by Crippen LogP contribution is 2.40. The van der Waals surface area contributed by atoms with Gasteiger partial charge >= 0.3 is 21.2 Å². The maximum absolute atomic E-state index is 12.2. The summed E-state index contributed by atoms with van der Waals surface area (Å²) in [6.45, 7) is 7.35. The lowest BCUT2D eigenvalue weighted by Gasteiger charge is -2.08. The Morgan fingerprint density at radius 3 is 1.35 bits per heavy atom. The molecule has 0 spiro atoms. The van der Waals surface area contributed by atoms with Crippen LogP contribution in [0.1, 0.15) is 22.3 Å². The number of nitrogens with zero attached hydrogens (tertiary/aromatic N) is 10. The second-order valence-corrected chi connectivity index (χ2v) is 19.8. The molecule has 0 unspecified atom stereocenters. The van der Waals surface area contributed by atoms with E-state index in [0.717, 1.165) is 40.3 Å². The van der Waals surface area contributed by atoms with Gasteiger partial charge in [0.25, 0.3) is 20.2 Å². The van der Waals surface area contributed by atoms with Crippen molar-refractivity contribution < 1.29 is 66.1 Å². The molecule has 0 bridgehead atoms. The molecule has 4 N–H and O–H groups in total. The van der Waals surface area contributed by atoms with Crippen LogP contribution < -0.4 is 4.74 Å². The van der Waals surface area contributed by atoms with Crippen molar-refractivity contribution in [2.24, 2.45) is 51.1 Å². The van der Waals surface area contributed by atoms with E-state index in [9.17, 15) is 36.2 Å². The third-order valence-corrected chi connectivity index (χ3v) is 12.6. The van der Waals surface area contributed by atoms with Crippen LogP contribution in [-0.2, 0) is 41.5 Å². The van der Waals surface area contributed by atoms with E-state index >= 15 is 0 Å². The summed E-state index contributed by atoms with van der Waals surface area (Å²) < 4.78 is 124. The van der Waals surface area contributed by atoms with Crippen molar-refractivity contribution in [1.29, 1.82) is 0 Å². The predicted molar refractivity (Wildman–Crippen MR) is 282 cm³/mol. The van der Waals surface area contributed by atoms with Gasteiger partial charge in [-0.1, -0.05) is 18.2 Å². The number of phenolic OH excluding ortho intramolecular Hbond substituents is 2. The van der Waals surface area contributed by atoms with Gasteiger partial charge in [-0.3, -0.25) is 9.11 Å². The van der Waals surface area contributed by atoms with Crippen LogP contribution in [0, 0.1) is 27.7 Å². The average Bonchev–Trinajstić information content (AvgIpc) is 3.44. The monoisotopic (exact) mass is 1140 g/mol. The van der Waals surface area contributed by atoms with Gasteiger partial charge in [-0.05, 0) is 164 Å². The van der Waals surface area contributed by atoms with E-state index in [1.807, 2.05) is 45.0 Å². The Morgan fingerprint density at radius 1 is 0.397 bits per heavy atom. The molecule has 0 aliphatic carbocycles. The minimum absolute atomic E-state index is 0.000871. The first-order chi connectivity index (χ1) is 36.8. The number of aryl methyl sites for hydroxylation is 4. The minimum atomic E-state index is -4.80. The summed E-state index contributed by atoms with van der Waals surface area (Å²) in [6.07, 6.45) is 0. The number of rotatable bonds is 13. The van der Waals surface area contributed by atoms with E-state index in [1.54, 1.807) is 73.7 Å². The standard InChI is InChI=1S/C49H40N10O9S2.2O3S/c1-27-19-34(11-16-39(27)54-52-33-12-17-40(28(2)20-33)55-59-44-26-38-31(24-48(44)70(65,66)67)7-6-8-47(38)69(62,63)64)53-57-42-21-30(4)43(22-29(42)3)58-56-41-15-9-32-23-35(10-14-37(32)49(41)61)50-51-36-13-18-45(60)46(25-36)68-5;2*1-4(2)3/h6-26,60-61H,1-5H3,(H,62,63,64)(H,65,66,67);;. The smallest absolute Gasteiger partial charge is 0.425 e. The van der Waals surface area contributed by atoms with Gasteiger partial charge in [-0.15, -0.1) is 35.5 Å². The van der Waals surface area contributed by atoms with Crippen LogP contribution in [0.15, 0.2) is 188 Å². The highest BCUT2D eigenvalue weighted by atomic mass is 32.2. The van der Waals surface area contributed by atoms with E-state index in [1.165, 1.54) is 25.3 Å². The summed E-state index contributed by atoms with van der Waals surface area (Å²) in [5.74, 6) is 0.249. The Bertz CT molecular complexity index is 4270. The molecule has 400 valence electrons. The molecule has 8 rings (SSSR count). The second kappa shape index (κ2) is 25.1. The molecule has 8 aromatic rings. The SMILES string of the molecule is COc1cc(N=Nc2ccc3c(O)c(N=Nc4cc(C)c(N=Nc5ccc(N=Nc6ccc(N=Nc7cc8c(S(=O)(=O)O)cccc8cc7S(=O)(=O)O)c(C)c6)c(C)c5)cc4C)ccc3c2)ccc1O.O=S(=O)=O.O=S(=O)=O. The fourth-order valence-corrected chi connectivity index (χ4v) is 8.46. The van der Waals surface area contributed by atoms with Crippen LogP contribution in [-0.4, -0.2) is 68.5 Å². The first kappa shape index (κ1) is 58.0. The van der Waals surface area contributed by atoms with E-state index in [4.69, 9.17) is 30.0 Å². The highest BCUT2D eigenvalue weighted by molar-refractivity contribution is 7.86. The molecule has 0 atom stereocenters. The number of ether oxygens (including phenoxy) is 1. The zero-order chi connectivity index (χ0) is 57.1. The summed E-state index contributed by atoms with van der Waals surface area (Å²) in [5.41, 5.74) is 7.15. The third-order valence-electron chi connectivity index (χ3n) is 10.8. The molecule has 0 heterocycles. The number of benzene rings is 8. The number of fused-ring (bicyclic) bond motifs is 2. The predicted octanol–water partition coefficient (Wildman–Crippen LogP) is 13.2. The maximum atomic E-state index is 12.2. The van der Waals surface area contributed by atoms with E-state index in [2.05, 4.69) is 51.1 Å². The van der Waals surface area contributed by atoms with Crippen molar-refractivity contribution in [1.82, 2.24) is 0 Å². The molecule has 0 aliphatic rings. The normalized spacial score (nSPS) is 11.9. The van der Waals surface area contributed by atoms with Crippen LogP contribution in [0.5, 0.6) is 17.2 Å². The zero-order valence-electron chi connectivity index (χ0n) is 41.0. The number of aromatic hydroxyl groups is 2. The number of methoxy groups -OCH3 is 1. The molecule has 0 aromatic heterocycles. The third kappa shape index (κ3) is 15.4. The summed E-state index contributed by atoms with van der Waals surface area (Å²) in [4.78, 5) is -1.06. The van der Waals surface area contributed by atoms with Crippen molar-refractivity contribution in [3.63, 3.8) is 0 Å². The van der Waals surface area contributed by atoms with E-state index in [0.29, 0.717) is 56.4 Å². The molecule has 25 nitrogen and oxygen atoms in total. The fraction of sp³-hybridized carbons (Fsp3) is 0.102. The first-order valence-corrected chi connectivity index (χ1v) is 26.8. The van der Waals surface area contributed by atoms with Gasteiger partial charge in [0.1, 0.15) is 21.2 Å². The summed E-state index contributed by atoms with van der Waals surface area (Å²) in [7, 11) is -14.2. The number of phenols is 2. The van der Waals surface area contributed by atoms with Gasteiger partial charge in [-0.25, -0.2) is 0 Å². The van der Waals surface area contributed by atoms with Crippen molar-refractivity contribution in [2.75, 3.05) is 7.11 Å². The molecule has 78 heavy (non-hydrogen) atoms. The molecular formula is C49H40N10O15S4. The summed E-state index contributed by atoms with van der Waals surface area (Å²) >= 11 is 0. The zero-order valence-corrected chi connectivity index (χ0v) is 44.3. The second-order valence-electron chi connectivity index (χ2n) is 16.2. The lowest BCUT2D eigenvalue weighted by Crippen LogP contribution is -2.01. The molecular weight excluding hydrogens is 1100 g/mol.